The molecule has 1 amide bonds. The van der Waals surface area contributed by atoms with Crippen molar-refractivity contribution >= 4 is 28.7 Å². The van der Waals surface area contributed by atoms with Crippen molar-refractivity contribution in [2.45, 2.75) is 44.8 Å². The van der Waals surface area contributed by atoms with Crippen LogP contribution in [-0.2, 0) is 11.2 Å². The summed E-state index contributed by atoms with van der Waals surface area (Å²) >= 11 is 1.27. The molecule has 170 valence electrons. The summed E-state index contributed by atoms with van der Waals surface area (Å²) in [6.45, 7) is 5.91. The van der Waals surface area contributed by atoms with Gasteiger partial charge in [-0.2, -0.15) is 0 Å². The van der Waals surface area contributed by atoms with E-state index in [0.717, 1.165) is 29.8 Å². The summed E-state index contributed by atoms with van der Waals surface area (Å²) in [6, 6.07) is 19.9. The van der Waals surface area contributed by atoms with Crippen LogP contribution in [0.2, 0.25) is 0 Å². The Morgan fingerprint density at radius 1 is 1.12 bits per heavy atom. The average molecular weight is 461 g/mol. The molecule has 6 nitrogen and oxygen atoms in total. The highest BCUT2D eigenvalue weighted by Crippen LogP contribution is 2.22. The van der Waals surface area contributed by atoms with E-state index in [1.54, 1.807) is 4.57 Å². The molecule has 1 atom stereocenters. The predicted molar refractivity (Wildman–Crippen MR) is 134 cm³/mol. The highest BCUT2D eigenvalue weighted by Gasteiger charge is 2.17. The first-order valence-electron chi connectivity index (χ1n) is 11.1. The number of aromatic amines is 1. The van der Waals surface area contributed by atoms with Crippen molar-refractivity contribution in [1.82, 2.24) is 19.9 Å². The van der Waals surface area contributed by atoms with Crippen molar-refractivity contribution in [3.63, 3.8) is 0 Å². The average Bonchev–Trinajstić information content (AvgIpc) is 3.18. The van der Waals surface area contributed by atoms with Crippen molar-refractivity contribution in [2.75, 3.05) is 5.75 Å². The predicted octanol–water partition coefficient (Wildman–Crippen LogP) is 4.56. The molecule has 0 spiro atoms. The first-order chi connectivity index (χ1) is 15.9. The van der Waals surface area contributed by atoms with Gasteiger partial charge >= 0.3 is 0 Å². The Hall–Kier alpha value is -3.32. The molecular weight excluding hydrogens is 432 g/mol. The number of hydrogen-bond acceptors (Lipinski definition) is 4. The van der Waals surface area contributed by atoms with Gasteiger partial charge in [0.15, 0.2) is 5.16 Å². The number of benzene rings is 2. The Balaban J connectivity index is 1.49. The van der Waals surface area contributed by atoms with Crippen LogP contribution in [0.15, 0.2) is 70.6 Å². The Labute approximate surface area is 197 Å². The number of carbonyl (C=O) groups is 1. The number of hydrogen-bond donors (Lipinski definition) is 2. The molecule has 0 aliphatic carbocycles. The van der Waals surface area contributed by atoms with Crippen LogP contribution in [0.5, 0.6) is 0 Å². The van der Waals surface area contributed by atoms with Crippen molar-refractivity contribution in [3.05, 3.63) is 87.8 Å². The number of nitrogens with zero attached hydrogens (tertiary/aromatic N) is 2. The SMILES string of the molecule is Cc1ccc(-n2c(SCC(=O)NC(C)CCc3ccccc3)nc3cc(C)[nH]c3c2=O)cc1. The number of nitrogens with one attached hydrogen (secondary N) is 2. The number of rotatable bonds is 8. The molecule has 2 heterocycles. The largest absolute Gasteiger partial charge is 0.353 e. The summed E-state index contributed by atoms with van der Waals surface area (Å²) in [6.07, 6.45) is 1.77. The zero-order valence-electron chi connectivity index (χ0n) is 19.1. The van der Waals surface area contributed by atoms with E-state index >= 15 is 0 Å². The van der Waals surface area contributed by atoms with Crippen LogP contribution in [0.1, 0.15) is 30.2 Å². The van der Waals surface area contributed by atoms with Gasteiger partial charge in [-0.05, 0) is 57.4 Å². The molecule has 0 aliphatic heterocycles. The molecule has 2 aromatic carbocycles. The molecule has 0 bridgehead atoms. The molecule has 4 aromatic rings. The van der Waals surface area contributed by atoms with Crippen LogP contribution in [0.3, 0.4) is 0 Å². The molecule has 4 rings (SSSR count). The Bertz CT molecular complexity index is 1310. The highest BCUT2D eigenvalue weighted by atomic mass is 32.2. The fourth-order valence-corrected chi connectivity index (χ4v) is 4.57. The summed E-state index contributed by atoms with van der Waals surface area (Å²) in [5.74, 6) is 0.110. The van der Waals surface area contributed by atoms with Crippen LogP contribution in [0.25, 0.3) is 16.7 Å². The van der Waals surface area contributed by atoms with E-state index in [1.165, 1.54) is 17.3 Å². The minimum atomic E-state index is -0.170. The molecule has 0 fully saturated rings. The van der Waals surface area contributed by atoms with Gasteiger partial charge in [-0.1, -0.05) is 59.8 Å². The lowest BCUT2D eigenvalue weighted by molar-refractivity contribution is -0.119. The highest BCUT2D eigenvalue weighted by molar-refractivity contribution is 7.99. The number of amides is 1. The second-order valence-electron chi connectivity index (χ2n) is 8.36. The molecule has 2 aromatic heterocycles. The summed E-state index contributed by atoms with van der Waals surface area (Å²) in [5, 5.41) is 3.56. The molecule has 0 radical (unpaired) electrons. The zero-order valence-corrected chi connectivity index (χ0v) is 19.9. The van der Waals surface area contributed by atoms with Crippen molar-refractivity contribution in [1.29, 1.82) is 0 Å². The van der Waals surface area contributed by atoms with Gasteiger partial charge in [0, 0.05) is 11.7 Å². The molecule has 33 heavy (non-hydrogen) atoms. The van der Waals surface area contributed by atoms with Crippen LogP contribution in [0, 0.1) is 13.8 Å². The van der Waals surface area contributed by atoms with Crippen molar-refractivity contribution in [3.8, 4) is 5.69 Å². The fraction of sp³-hybridized carbons (Fsp3) is 0.269. The zero-order chi connectivity index (χ0) is 23.4. The summed E-state index contributed by atoms with van der Waals surface area (Å²) in [5.41, 5.74) is 4.88. The van der Waals surface area contributed by atoms with E-state index in [1.807, 2.05) is 69.3 Å². The minimum absolute atomic E-state index is 0.0559. The Kier molecular flexibility index (Phi) is 6.99. The van der Waals surface area contributed by atoms with Gasteiger partial charge in [0.25, 0.3) is 5.56 Å². The van der Waals surface area contributed by atoms with Crippen LogP contribution in [-0.4, -0.2) is 32.2 Å². The van der Waals surface area contributed by atoms with Crippen molar-refractivity contribution in [2.24, 2.45) is 0 Å². The first-order valence-corrected chi connectivity index (χ1v) is 12.0. The van der Waals surface area contributed by atoms with Gasteiger partial charge in [0.1, 0.15) is 5.52 Å². The summed E-state index contributed by atoms with van der Waals surface area (Å²) in [4.78, 5) is 33.7. The normalized spacial score (nSPS) is 12.1. The van der Waals surface area contributed by atoms with Gasteiger partial charge in [0.2, 0.25) is 5.91 Å². The second-order valence-corrected chi connectivity index (χ2v) is 9.31. The van der Waals surface area contributed by atoms with Gasteiger partial charge in [-0.25, -0.2) is 4.98 Å². The van der Waals surface area contributed by atoms with Crippen molar-refractivity contribution < 1.29 is 4.79 Å². The first kappa shape index (κ1) is 22.9. The third kappa shape index (κ3) is 5.54. The number of aryl methyl sites for hydroxylation is 3. The lowest BCUT2D eigenvalue weighted by Gasteiger charge is -2.15. The smallest absolute Gasteiger partial charge is 0.283 e. The molecular formula is C26H28N4O2S. The maximum absolute atomic E-state index is 13.3. The summed E-state index contributed by atoms with van der Waals surface area (Å²) < 4.78 is 1.58. The summed E-state index contributed by atoms with van der Waals surface area (Å²) in [7, 11) is 0. The lowest BCUT2D eigenvalue weighted by atomic mass is 10.1. The van der Waals surface area contributed by atoms with E-state index in [9.17, 15) is 9.59 Å². The number of thioether (sulfide) groups is 1. The number of fused-ring (bicyclic) bond motifs is 1. The lowest BCUT2D eigenvalue weighted by Crippen LogP contribution is -2.34. The number of carbonyl (C=O) groups excluding carboxylic acids is 1. The van der Waals surface area contributed by atoms with Gasteiger partial charge in [0.05, 0.1) is 17.0 Å². The topological polar surface area (TPSA) is 79.8 Å². The molecule has 7 heteroatoms. The maximum Gasteiger partial charge on any atom is 0.283 e. The third-order valence-corrected chi connectivity index (χ3v) is 6.44. The standard InChI is InChI=1S/C26H28N4O2S/c1-17-9-13-21(14-10-17)30-25(32)24-22(15-19(3)28-24)29-26(30)33-16-23(31)27-18(2)11-12-20-7-5-4-6-8-20/h4-10,13-15,18,28H,11-12,16H2,1-3H3,(H,27,31). The van der Waals surface area contributed by atoms with Gasteiger partial charge in [-0.3, -0.25) is 14.2 Å². The Morgan fingerprint density at radius 2 is 1.85 bits per heavy atom. The molecule has 0 saturated carbocycles. The molecule has 1 unspecified atom stereocenters. The molecule has 2 N–H and O–H groups in total. The maximum atomic E-state index is 13.3. The van der Waals surface area contributed by atoms with E-state index < -0.39 is 0 Å². The Morgan fingerprint density at radius 3 is 2.58 bits per heavy atom. The van der Waals surface area contributed by atoms with Crippen LogP contribution < -0.4 is 10.9 Å². The number of aromatic nitrogens is 3. The number of H-pyrrole nitrogens is 1. The monoisotopic (exact) mass is 460 g/mol. The quantitative estimate of drug-likeness (QED) is 0.298. The van der Waals surface area contributed by atoms with E-state index in [2.05, 4.69) is 22.4 Å². The fourth-order valence-electron chi connectivity index (χ4n) is 3.74. The van der Waals surface area contributed by atoms with E-state index in [0.29, 0.717) is 16.2 Å². The van der Waals surface area contributed by atoms with E-state index in [-0.39, 0.29) is 23.3 Å². The minimum Gasteiger partial charge on any atom is -0.353 e. The molecule has 0 saturated heterocycles. The van der Waals surface area contributed by atoms with E-state index in [4.69, 9.17) is 4.98 Å². The van der Waals surface area contributed by atoms with Gasteiger partial charge in [-0.15, -0.1) is 0 Å². The van der Waals surface area contributed by atoms with Crippen LogP contribution >= 0.6 is 11.8 Å². The van der Waals surface area contributed by atoms with Crippen LogP contribution in [0.4, 0.5) is 0 Å². The molecule has 0 aliphatic rings. The van der Waals surface area contributed by atoms with Gasteiger partial charge < -0.3 is 10.3 Å². The third-order valence-electron chi connectivity index (χ3n) is 5.50. The second kappa shape index (κ2) is 10.1.